The summed E-state index contributed by atoms with van der Waals surface area (Å²) in [4.78, 5) is 29.3. The van der Waals surface area contributed by atoms with E-state index in [1.54, 1.807) is 0 Å². The minimum absolute atomic E-state index is 0.0997. The molecule has 0 fully saturated rings. The van der Waals surface area contributed by atoms with Crippen molar-refractivity contribution >= 4 is 29.4 Å². The largest absolute Gasteiger partial charge is 0.464 e. The van der Waals surface area contributed by atoms with Gasteiger partial charge in [0, 0.05) is 19.3 Å². The molecule has 0 aliphatic rings. The quantitative estimate of drug-likeness (QED) is 0.616. The van der Waals surface area contributed by atoms with E-state index in [0.29, 0.717) is 0 Å². The molecule has 7 nitrogen and oxygen atoms in total. The first-order valence-electron chi connectivity index (χ1n) is 4.74. The third kappa shape index (κ3) is 5.12. The highest BCUT2D eigenvalue weighted by molar-refractivity contribution is 6.32. The predicted molar refractivity (Wildman–Crippen MR) is 60.7 cm³/mol. The topological polar surface area (TPSA) is 93.2 Å². The van der Waals surface area contributed by atoms with Gasteiger partial charge < -0.3 is 10.1 Å². The van der Waals surface area contributed by atoms with Crippen LogP contribution in [0.5, 0.6) is 0 Å². The SMILES string of the molecule is CC(=O)OCCNC(=O)Nc1nccnc1Cl. The van der Waals surface area contributed by atoms with Crippen molar-refractivity contribution in [3.8, 4) is 0 Å². The minimum Gasteiger partial charge on any atom is -0.464 e. The van der Waals surface area contributed by atoms with Crippen LogP contribution in [0.4, 0.5) is 10.6 Å². The molecule has 0 spiro atoms. The van der Waals surface area contributed by atoms with Gasteiger partial charge >= 0.3 is 12.0 Å². The van der Waals surface area contributed by atoms with E-state index in [9.17, 15) is 9.59 Å². The Balaban J connectivity index is 2.30. The highest BCUT2D eigenvalue weighted by atomic mass is 35.5. The van der Waals surface area contributed by atoms with Crippen LogP contribution in [0.2, 0.25) is 5.15 Å². The van der Waals surface area contributed by atoms with Gasteiger partial charge in [0.25, 0.3) is 0 Å². The van der Waals surface area contributed by atoms with Crippen LogP contribution in [-0.2, 0) is 9.53 Å². The molecule has 8 heteroatoms. The number of urea groups is 1. The van der Waals surface area contributed by atoms with Crippen LogP contribution >= 0.6 is 11.6 Å². The Morgan fingerprint density at radius 2 is 2.12 bits per heavy atom. The molecule has 0 bridgehead atoms. The summed E-state index contributed by atoms with van der Waals surface area (Å²) in [6.07, 6.45) is 2.81. The van der Waals surface area contributed by atoms with Gasteiger partial charge in [-0.1, -0.05) is 11.6 Å². The van der Waals surface area contributed by atoms with Gasteiger partial charge in [0.05, 0.1) is 6.54 Å². The van der Waals surface area contributed by atoms with Crippen LogP contribution in [0.3, 0.4) is 0 Å². The molecule has 0 saturated carbocycles. The van der Waals surface area contributed by atoms with Crippen LogP contribution in [0.25, 0.3) is 0 Å². The molecule has 0 radical (unpaired) electrons. The molecular formula is C9H11ClN4O3. The molecule has 0 unspecified atom stereocenters. The number of ether oxygens (including phenoxy) is 1. The molecule has 92 valence electrons. The number of nitrogens with one attached hydrogen (secondary N) is 2. The number of carbonyl (C=O) groups excluding carboxylic acids is 2. The van der Waals surface area contributed by atoms with Crippen molar-refractivity contribution in [2.45, 2.75) is 6.92 Å². The Hall–Kier alpha value is -1.89. The maximum Gasteiger partial charge on any atom is 0.320 e. The molecule has 1 rings (SSSR count). The number of hydrogen-bond acceptors (Lipinski definition) is 5. The van der Waals surface area contributed by atoms with E-state index >= 15 is 0 Å². The van der Waals surface area contributed by atoms with Crippen molar-refractivity contribution in [1.82, 2.24) is 15.3 Å². The van der Waals surface area contributed by atoms with Gasteiger partial charge in [0.2, 0.25) is 0 Å². The van der Waals surface area contributed by atoms with E-state index in [-0.39, 0.29) is 24.1 Å². The number of aromatic nitrogens is 2. The lowest BCUT2D eigenvalue weighted by Gasteiger charge is -2.07. The summed E-state index contributed by atoms with van der Waals surface area (Å²) in [7, 11) is 0. The fourth-order valence-corrected chi connectivity index (χ4v) is 1.07. The van der Waals surface area contributed by atoms with E-state index in [1.165, 1.54) is 19.3 Å². The molecule has 0 atom stereocenters. The van der Waals surface area contributed by atoms with Gasteiger partial charge in [-0.3, -0.25) is 10.1 Å². The Labute approximate surface area is 103 Å². The zero-order chi connectivity index (χ0) is 12.7. The van der Waals surface area contributed by atoms with Crippen molar-refractivity contribution in [3.63, 3.8) is 0 Å². The van der Waals surface area contributed by atoms with E-state index in [4.69, 9.17) is 11.6 Å². The smallest absolute Gasteiger partial charge is 0.320 e. The number of esters is 1. The summed E-state index contributed by atoms with van der Waals surface area (Å²) < 4.78 is 4.63. The van der Waals surface area contributed by atoms with E-state index in [0.717, 1.165) is 0 Å². The van der Waals surface area contributed by atoms with Crippen LogP contribution in [0.15, 0.2) is 12.4 Å². The highest BCUT2D eigenvalue weighted by Crippen LogP contribution is 2.13. The highest BCUT2D eigenvalue weighted by Gasteiger charge is 2.06. The van der Waals surface area contributed by atoms with Gasteiger partial charge in [0.1, 0.15) is 6.61 Å². The Bertz CT molecular complexity index is 413. The summed E-state index contributed by atoms with van der Waals surface area (Å²) in [5, 5.41) is 4.96. The number of rotatable bonds is 4. The number of halogens is 1. The zero-order valence-electron chi connectivity index (χ0n) is 9.07. The zero-order valence-corrected chi connectivity index (χ0v) is 9.82. The first-order chi connectivity index (χ1) is 8.09. The summed E-state index contributed by atoms with van der Waals surface area (Å²) in [6.45, 7) is 1.60. The molecule has 1 aromatic heterocycles. The average molecular weight is 259 g/mol. The number of nitrogens with zero attached hydrogens (tertiary/aromatic N) is 2. The Morgan fingerprint density at radius 1 is 1.41 bits per heavy atom. The van der Waals surface area contributed by atoms with Gasteiger partial charge in [0.15, 0.2) is 11.0 Å². The van der Waals surface area contributed by atoms with Crippen molar-refractivity contribution in [2.24, 2.45) is 0 Å². The van der Waals surface area contributed by atoms with E-state index < -0.39 is 12.0 Å². The summed E-state index contributed by atoms with van der Waals surface area (Å²) in [5.41, 5.74) is 0. The fourth-order valence-electron chi connectivity index (χ4n) is 0.916. The molecule has 0 aromatic carbocycles. The third-order valence-corrected chi connectivity index (χ3v) is 1.86. The molecule has 1 aromatic rings. The molecule has 2 amide bonds. The Kier molecular flexibility index (Phi) is 5.15. The maximum absolute atomic E-state index is 11.3. The standard InChI is InChI=1S/C9H11ClN4O3/c1-6(15)17-5-4-13-9(16)14-8-7(10)11-2-3-12-8/h2-3H,4-5H2,1H3,(H2,12,13,14,16). The summed E-state index contributed by atoms with van der Waals surface area (Å²) >= 11 is 5.69. The monoisotopic (exact) mass is 258 g/mol. The molecule has 0 aliphatic heterocycles. The second kappa shape index (κ2) is 6.64. The normalized spacial score (nSPS) is 9.53. The summed E-state index contributed by atoms with van der Waals surface area (Å²) in [6, 6.07) is -0.500. The van der Waals surface area contributed by atoms with Crippen LogP contribution in [-0.4, -0.2) is 35.1 Å². The minimum atomic E-state index is -0.500. The number of hydrogen-bond donors (Lipinski definition) is 2. The third-order valence-electron chi connectivity index (χ3n) is 1.58. The van der Waals surface area contributed by atoms with Gasteiger partial charge in [-0.15, -0.1) is 0 Å². The number of carbonyl (C=O) groups is 2. The molecular weight excluding hydrogens is 248 g/mol. The maximum atomic E-state index is 11.3. The molecule has 0 aliphatic carbocycles. The fraction of sp³-hybridized carbons (Fsp3) is 0.333. The van der Waals surface area contributed by atoms with Crippen LogP contribution < -0.4 is 10.6 Å². The van der Waals surface area contributed by atoms with Crippen LogP contribution in [0.1, 0.15) is 6.92 Å². The second-order valence-corrected chi connectivity index (χ2v) is 3.27. The van der Waals surface area contributed by atoms with E-state index in [1.807, 2.05) is 0 Å². The second-order valence-electron chi connectivity index (χ2n) is 2.92. The van der Waals surface area contributed by atoms with Crippen molar-refractivity contribution in [3.05, 3.63) is 17.5 Å². The Morgan fingerprint density at radius 3 is 2.76 bits per heavy atom. The number of anilines is 1. The van der Waals surface area contributed by atoms with Gasteiger partial charge in [-0.2, -0.15) is 0 Å². The first kappa shape index (κ1) is 13.2. The average Bonchev–Trinajstić information content (AvgIpc) is 2.27. The van der Waals surface area contributed by atoms with Gasteiger partial charge in [-0.25, -0.2) is 14.8 Å². The predicted octanol–water partition coefficient (Wildman–Crippen LogP) is 0.815. The lowest BCUT2D eigenvalue weighted by Crippen LogP contribution is -2.32. The molecule has 0 saturated heterocycles. The molecule has 1 heterocycles. The van der Waals surface area contributed by atoms with E-state index in [2.05, 4.69) is 25.3 Å². The van der Waals surface area contributed by atoms with Crippen LogP contribution in [0, 0.1) is 0 Å². The molecule has 2 N–H and O–H groups in total. The number of amides is 2. The molecule has 17 heavy (non-hydrogen) atoms. The van der Waals surface area contributed by atoms with Crippen molar-refractivity contribution in [1.29, 1.82) is 0 Å². The summed E-state index contributed by atoms with van der Waals surface area (Å²) in [5.74, 6) is -0.233. The lowest BCUT2D eigenvalue weighted by atomic mass is 10.6. The first-order valence-corrected chi connectivity index (χ1v) is 5.12. The van der Waals surface area contributed by atoms with Crippen molar-refractivity contribution < 1.29 is 14.3 Å². The van der Waals surface area contributed by atoms with Crippen molar-refractivity contribution in [2.75, 3.05) is 18.5 Å². The lowest BCUT2D eigenvalue weighted by molar-refractivity contribution is -0.140. The van der Waals surface area contributed by atoms with Gasteiger partial charge in [-0.05, 0) is 0 Å².